The van der Waals surface area contributed by atoms with E-state index in [9.17, 15) is 9.59 Å². The lowest BCUT2D eigenvalue weighted by Gasteiger charge is -2.10. The molecule has 1 amide bonds. The fraction of sp³-hybridized carbons (Fsp3) is 0.269. The normalized spacial score (nSPS) is 10.8. The minimum Gasteiger partial charge on any atom is -0.493 e. The van der Waals surface area contributed by atoms with Crippen molar-refractivity contribution in [3.05, 3.63) is 77.1 Å². The molecule has 8 heteroatoms. The van der Waals surface area contributed by atoms with Gasteiger partial charge in [-0.3, -0.25) is 4.79 Å². The van der Waals surface area contributed by atoms with Gasteiger partial charge in [0.2, 0.25) is 0 Å². The summed E-state index contributed by atoms with van der Waals surface area (Å²) in [6.45, 7) is 3.86. The van der Waals surface area contributed by atoms with Gasteiger partial charge in [0.05, 0.1) is 25.6 Å². The molecular formula is C26H29N3O5. The van der Waals surface area contributed by atoms with Crippen molar-refractivity contribution in [3.8, 4) is 17.2 Å². The Morgan fingerprint density at radius 2 is 1.76 bits per heavy atom. The molecule has 0 fully saturated rings. The molecule has 0 aliphatic rings. The number of carbonyl (C=O) groups is 2. The number of ether oxygens (including phenoxy) is 3. The van der Waals surface area contributed by atoms with Crippen LogP contribution >= 0.6 is 0 Å². The number of nitrogens with one attached hydrogen (secondary N) is 1. The zero-order valence-corrected chi connectivity index (χ0v) is 19.8. The van der Waals surface area contributed by atoms with E-state index in [1.165, 1.54) is 6.08 Å². The van der Waals surface area contributed by atoms with Crippen molar-refractivity contribution in [3.63, 3.8) is 0 Å². The molecule has 0 bridgehead atoms. The Morgan fingerprint density at radius 3 is 2.47 bits per heavy atom. The van der Waals surface area contributed by atoms with Gasteiger partial charge in [-0.05, 0) is 56.2 Å². The Labute approximate surface area is 199 Å². The van der Waals surface area contributed by atoms with Crippen molar-refractivity contribution in [2.75, 3.05) is 27.4 Å². The number of aryl methyl sites for hydroxylation is 1. The van der Waals surface area contributed by atoms with Gasteiger partial charge in [-0.15, -0.1) is 0 Å². The van der Waals surface area contributed by atoms with Gasteiger partial charge in [0.1, 0.15) is 0 Å². The average molecular weight is 464 g/mol. The summed E-state index contributed by atoms with van der Waals surface area (Å²) in [5.41, 5.74) is 4.45. The highest BCUT2D eigenvalue weighted by molar-refractivity contribution is 5.89. The number of nitrogens with zero attached hydrogens (tertiary/aromatic N) is 2. The third-order valence-corrected chi connectivity index (χ3v) is 5.26. The topological polar surface area (TPSA) is 91.7 Å². The Kier molecular flexibility index (Phi) is 8.45. The first-order valence-corrected chi connectivity index (χ1v) is 10.9. The highest BCUT2D eigenvalue weighted by atomic mass is 16.5. The van der Waals surface area contributed by atoms with Gasteiger partial charge >= 0.3 is 5.97 Å². The SMILES string of the molecule is COc1ccc(CCNC(=O)COC(=O)/C=C/c2c(C)nn(-c3ccccc3)c2C)cc1OC. The lowest BCUT2D eigenvalue weighted by atomic mass is 10.1. The molecule has 0 saturated heterocycles. The number of benzene rings is 2. The third kappa shape index (κ3) is 6.25. The average Bonchev–Trinajstić information content (AvgIpc) is 3.14. The summed E-state index contributed by atoms with van der Waals surface area (Å²) in [4.78, 5) is 24.1. The van der Waals surface area contributed by atoms with Gasteiger partial charge < -0.3 is 19.5 Å². The van der Waals surface area contributed by atoms with Crippen molar-refractivity contribution in [2.24, 2.45) is 0 Å². The summed E-state index contributed by atoms with van der Waals surface area (Å²) in [6.07, 6.45) is 3.57. The number of hydrogen-bond acceptors (Lipinski definition) is 6. The molecule has 0 radical (unpaired) electrons. The van der Waals surface area contributed by atoms with E-state index >= 15 is 0 Å². The smallest absolute Gasteiger partial charge is 0.331 e. The van der Waals surface area contributed by atoms with Gasteiger partial charge in [-0.25, -0.2) is 9.48 Å². The summed E-state index contributed by atoms with van der Waals surface area (Å²) in [7, 11) is 3.15. The molecule has 0 unspecified atom stereocenters. The van der Waals surface area contributed by atoms with Crippen molar-refractivity contribution < 1.29 is 23.8 Å². The number of carbonyl (C=O) groups excluding carboxylic acids is 2. The van der Waals surface area contributed by atoms with Crippen LogP contribution in [0.4, 0.5) is 0 Å². The van der Waals surface area contributed by atoms with Crippen LogP contribution in [-0.2, 0) is 20.7 Å². The van der Waals surface area contributed by atoms with Gasteiger partial charge in [-0.2, -0.15) is 5.10 Å². The maximum atomic E-state index is 12.1. The molecule has 178 valence electrons. The van der Waals surface area contributed by atoms with E-state index in [4.69, 9.17) is 14.2 Å². The zero-order valence-electron chi connectivity index (χ0n) is 19.8. The van der Waals surface area contributed by atoms with Crippen LogP contribution in [0.25, 0.3) is 11.8 Å². The van der Waals surface area contributed by atoms with Crippen LogP contribution < -0.4 is 14.8 Å². The largest absolute Gasteiger partial charge is 0.493 e. The molecule has 3 aromatic rings. The van der Waals surface area contributed by atoms with E-state index in [1.807, 2.05) is 67.1 Å². The quantitative estimate of drug-likeness (QED) is 0.366. The van der Waals surface area contributed by atoms with Crippen molar-refractivity contribution in [2.45, 2.75) is 20.3 Å². The summed E-state index contributed by atoms with van der Waals surface area (Å²) in [5.74, 6) is 0.313. The number of para-hydroxylation sites is 1. The highest BCUT2D eigenvalue weighted by Crippen LogP contribution is 2.27. The molecule has 1 N–H and O–H groups in total. The molecule has 0 atom stereocenters. The van der Waals surface area contributed by atoms with Crippen molar-refractivity contribution >= 4 is 18.0 Å². The Hall–Kier alpha value is -4.07. The van der Waals surface area contributed by atoms with Gasteiger partial charge in [0.25, 0.3) is 5.91 Å². The third-order valence-electron chi connectivity index (χ3n) is 5.26. The van der Waals surface area contributed by atoms with Crippen LogP contribution in [0.5, 0.6) is 11.5 Å². The summed E-state index contributed by atoms with van der Waals surface area (Å²) >= 11 is 0. The molecule has 1 heterocycles. The van der Waals surface area contributed by atoms with Gasteiger partial charge in [0.15, 0.2) is 18.1 Å². The van der Waals surface area contributed by atoms with Crippen LogP contribution in [0.3, 0.4) is 0 Å². The Bertz CT molecular complexity index is 1170. The molecule has 0 aliphatic heterocycles. The fourth-order valence-corrected chi connectivity index (χ4v) is 3.49. The van der Waals surface area contributed by atoms with Crippen LogP contribution in [0.15, 0.2) is 54.6 Å². The number of amides is 1. The maximum absolute atomic E-state index is 12.1. The first-order valence-electron chi connectivity index (χ1n) is 10.9. The number of aromatic nitrogens is 2. The van der Waals surface area contributed by atoms with Crippen LogP contribution in [0.1, 0.15) is 22.5 Å². The van der Waals surface area contributed by atoms with Crippen LogP contribution in [-0.4, -0.2) is 49.0 Å². The van der Waals surface area contributed by atoms with Crippen molar-refractivity contribution in [1.82, 2.24) is 15.1 Å². The standard InChI is InChI=1S/C26H29N3O5/c1-18-22(19(2)29(28-18)21-8-6-5-7-9-21)11-13-26(31)34-17-25(30)27-15-14-20-10-12-23(32-3)24(16-20)33-4/h5-13,16H,14-15,17H2,1-4H3,(H,27,30)/b13-11+. The minimum atomic E-state index is -0.596. The highest BCUT2D eigenvalue weighted by Gasteiger charge is 2.12. The van der Waals surface area contributed by atoms with Crippen molar-refractivity contribution in [1.29, 1.82) is 0 Å². The van der Waals surface area contributed by atoms with Crippen LogP contribution in [0, 0.1) is 13.8 Å². The molecule has 0 spiro atoms. The summed E-state index contributed by atoms with van der Waals surface area (Å²) in [5, 5.41) is 7.29. The lowest BCUT2D eigenvalue weighted by Crippen LogP contribution is -2.30. The molecule has 2 aromatic carbocycles. The number of rotatable bonds is 10. The number of methoxy groups -OCH3 is 2. The second-order valence-electron chi connectivity index (χ2n) is 7.56. The van der Waals surface area contributed by atoms with Gasteiger partial charge in [0, 0.05) is 23.9 Å². The predicted molar refractivity (Wildman–Crippen MR) is 129 cm³/mol. The maximum Gasteiger partial charge on any atom is 0.331 e. The fourth-order valence-electron chi connectivity index (χ4n) is 3.49. The zero-order chi connectivity index (χ0) is 24.5. The first-order chi connectivity index (χ1) is 16.4. The molecular weight excluding hydrogens is 434 g/mol. The summed E-state index contributed by atoms with van der Waals surface area (Å²) < 4.78 is 17.4. The minimum absolute atomic E-state index is 0.351. The second kappa shape index (κ2) is 11.7. The molecule has 3 rings (SSSR count). The van der Waals surface area contributed by atoms with Crippen LogP contribution in [0.2, 0.25) is 0 Å². The molecule has 1 aromatic heterocycles. The second-order valence-corrected chi connectivity index (χ2v) is 7.56. The van der Waals surface area contributed by atoms with E-state index < -0.39 is 5.97 Å². The van der Waals surface area contributed by atoms with Gasteiger partial charge in [-0.1, -0.05) is 24.3 Å². The molecule has 0 saturated carbocycles. The Balaban J connectivity index is 1.47. The van der Waals surface area contributed by atoms with E-state index in [2.05, 4.69) is 10.4 Å². The molecule has 34 heavy (non-hydrogen) atoms. The monoisotopic (exact) mass is 463 g/mol. The lowest BCUT2D eigenvalue weighted by molar-refractivity contribution is -0.143. The number of hydrogen-bond donors (Lipinski definition) is 1. The van der Waals surface area contributed by atoms with E-state index in [1.54, 1.807) is 20.3 Å². The molecule has 8 nitrogen and oxygen atoms in total. The van der Waals surface area contributed by atoms with E-state index in [-0.39, 0.29) is 12.5 Å². The molecule has 0 aliphatic carbocycles. The van der Waals surface area contributed by atoms with E-state index in [0.29, 0.717) is 24.5 Å². The Morgan fingerprint density at radius 1 is 1.03 bits per heavy atom. The summed E-state index contributed by atoms with van der Waals surface area (Å²) in [6, 6.07) is 15.3. The predicted octanol–water partition coefficient (Wildman–Crippen LogP) is 3.42. The number of esters is 1. The first kappa shape index (κ1) is 24.6. The van der Waals surface area contributed by atoms with E-state index in [0.717, 1.165) is 28.2 Å².